The van der Waals surface area contributed by atoms with E-state index in [1.807, 2.05) is 48.1 Å². The van der Waals surface area contributed by atoms with Crippen molar-refractivity contribution in [1.82, 2.24) is 24.9 Å². The van der Waals surface area contributed by atoms with E-state index >= 15 is 0 Å². The lowest BCUT2D eigenvalue weighted by molar-refractivity contribution is 0.781. The van der Waals surface area contributed by atoms with Crippen LogP contribution in [-0.4, -0.2) is 51.1 Å². The zero-order valence-electron chi connectivity index (χ0n) is 17.2. The first-order valence-corrected chi connectivity index (χ1v) is 11.7. The summed E-state index contributed by atoms with van der Waals surface area (Å²) in [6.07, 6.45) is 11.8. The quantitative estimate of drug-likeness (QED) is 0.491. The molecule has 156 valence electrons. The number of aromatic nitrogens is 5. The summed E-state index contributed by atoms with van der Waals surface area (Å²) in [7, 11) is 0. The van der Waals surface area contributed by atoms with E-state index in [2.05, 4.69) is 24.8 Å². The summed E-state index contributed by atoms with van der Waals surface area (Å²) >= 11 is 1.85. The molecule has 0 bridgehead atoms. The predicted octanol–water partition coefficient (Wildman–Crippen LogP) is 3.75. The molecule has 0 atom stereocenters. The number of aryl methyl sites for hydroxylation is 2. The highest BCUT2D eigenvalue weighted by molar-refractivity contribution is 7.19. The van der Waals surface area contributed by atoms with E-state index in [9.17, 15) is 0 Å². The van der Waals surface area contributed by atoms with Crippen LogP contribution in [-0.2, 0) is 12.8 Å². The maximum atomic E-state index is 5.12. The van der Waals surface area contributed by atoms with E-state index in [-0.39, 0.29) is 0 Å². The minimum atomic E-state index is 0.767. The molecule has 1 aliphatic heterocycles. The third-order valence-corrected chi connectivity index (χ3v) is 7.28. The van der Waals surface area contributed by atoms with Crippen molar-refractivity contribution >= 4 is 33.3 Å². The highest BCUT2D eigenvalue weighted by atomic mass is 32.1. The van der Waals surface area contributed by atoms with E-state index in [0.717, 1.165) is 73.4 Å². The Morgan fingerprint density at radius 2 is 1.71 bits per heavy atom. The van der Waals surface area contributed by atoms with Crippen molar-refractivity contribution < 1.29 is 0 Å². The first-order valence-electron chi connectivity index (χ1n) is 10.9. The van der Waals surface area contributed by atoms with Gasteiger partial charge in [-0.2, -0.15) is 0 Å². The summed E-state index contributed by atoms with van der Waals surface area (Å²) in [5.41, 5.74) is 2.44. The summed E-state index contributed by atoms with van der Waals surface area (Å²) < 4.78 is 0. The Morgan fingerprint density at radius 3 is 2.58 bits per heavy atom. The van der Waals surface area contributed by atoms with Gasteiger partial charge in [-0.1, -0.05) is 0 Å². The molecule has 0 N–H and O–H groups in total. The molecule has 7 nitrogen and oxygen atoms in total. The third kappa shape index (κ3) is 3.40. The molecular formula is C23H23N7S. The summed E-state index contributed by atoms with van der Waals surface area (Å²) in [6.45, 7) is 3.68. The number of fused-ring (bicyclic) bond motifs is 3. The molecule has 0 saturated carbocycles. The average molecular weight is 430 g/mol. The molecule has 4 aromatic rings. The van der Waals surface area contributed by atoms with Crippen LogP contribution in [0.15, 0.2) is 43.0 Å². The summed E-state index contributed by atoms with van der Waals surface area (Å²) in [4.78, 5) is 30.6. The molecule has 1 fully saturated rings. The summed E-state index contributed by atoms with van der Waals surface area (Å²) in [5.74, 6) is 2.66. The molecular weight excluding hydrogens is 406 g/mol. The molecule has 4 aromatic heterocycles. The van der Waals surface area contributed by atoms with Gasteiger partial charge in [-0.05, 0) is 49.4 Å². The smallest absolute Gasteiger partial charge is 0.225 e. The van der Waals surface area contributed by atoms with Crippen LogP contribution in [0.1, 0.15) is 23.3 Å². The molecule has 1 saturated heterocycles. The number of rotatable bonds is 3. The Kier molecular flexibility index (Phi) is 4.71. The van der Waals surface area contributed by atoms with Crippen molar-refractivity contribution in [3.8, 4) is 11.4 Å². The zero-order valence-corrected chi connectivity index (χ0v) is 18.1. The monoisotopic (exact) mass is 429 g/mol. The molecule has 0 amide bonds. The maximum Gasteiger partial charge on any atom is 0.225 e. The van der Waals surface area contributed by atoms with Crippen LogP contribution < -0.4 is 9.80 Å². The number of thiophene rings is 1. The van der Waals surface area contributed by atoms with Crippen LogP contribution in [0.4, 0.5) is 11.8 Å². The normalized spacial score (nSPS) is 16.5. The Bertz CT molecular complexity index is 1210. The van der Waals surface area contributed by atoms with E-state index in [1.165, 1.54) is 22.2 Å². The Balaban J connectivity index is 1.41. The molecule has 0 spiro atoms. The van der Waals surface area contributed by atoms with Crippen LogP contribution >= 0.6 is 11.3 Å². The fraction of sp³-hybridized carbons (Fsp3) is 0.348. The second-order valence-electron chi connectivity index (χ2n) is 8.03. The highest BCUT2D eigenvalue weighted by Crippen LogP contribution is 2.41. The van der Waals surface area contributed by atoms with Crippen molar-refractivity contribution in [1.29, 1.82) is 0 Å². The standard InChI is InChI=1S/C23H23N7S/c1-6-17-18(7-1)31-22-19(17)21(27-20(28-22)16-5-2-8-24-15-16)29-11-4-12-30(14-13-29)23-25-9-3-10-26-23/h2-3,5,8-10,15H,1,4,6-7,11-14H2. The summed E-state index contributed by atoms with van der Waals surface area (Å²) in [5, 5.41) is 1.27. The Labute approximate surface area is 184 Å². The van der Waals surface area contributed by atoms with Crippen molar-refractivity contribution in [2.75, 3.05) is 36.0 Å². The van der Waals surface area contributed by atoms with Gasteiger partial charge in [-0.15, -0.1) is 11.3 Å². The lowest BCUT2D eigenvalue weighted by atomic mass is 10.1. The van der Waals surface area contributed by atoms with E-state index in [1.54, 1.807) is 6.20 Å². The van der Waals surface area contributed by atoms with Gasteiger partial charge in [0.15, 0.2) is 5.82 Å². The summed E-state index contributed by atoms with van der Waals surface area (Å²) in [6, 6.07) is 5.85. The highest BCUT2D eigenvalue weighted by Gasteiger charge is 2.26. The maximum absolute atomic E-state index is 5.12. The average Bonchev–Trinajstić information content (AvgIpc) is 3.32. The second-order valence-corrected chi connectivity index (χ2v) is 9.11. The van der Waals surface area contributed by atoms with Gasteiger partial charge in [0.2, 0.25) is 5.95 Å². The number of pyridine rings is 1. The van der Waals surface area contributed by atoms with Gasteiger partial charge < -0.3 is 9.80 Å². The van der Waals surface area contributed by atoms with Crippen LogP contribution in [0, 0.1) is 0 Å². The molecule has 2 aliphatic rings. The third-order valence-electron chi connectivity index (χ3n) is 6.10. The number of hydrogen-bond donors (Lipinski definition) is 0. The van der Waals surface area contributed by atoms with Gasteiger partial charge in [0.1, 0.15) is 10.6 Å². The van der Waals surface area contributed by atoms with E-state index < -0.39 is 0 Å². The van der Waals surface area contributed by atoms with Gasteiger partial charge in [0, 0.05) is 61.4 Å². The molecule has 1 aliphatic carbocycles. The topological polar surface area (TPSA) is 70.9 Å². The predicted molar refractivity (Wildman–Crippen MR) is 124 cm³/mol. The number of nitrogens with zero attached hydrogens (tertiary/aromatic N) is 7. The van der Waals surface area contributed by atoms with Gasteiger partial charge in [0.05, 0.1) is 5.39 Å². The number of anilines is 2. The minimum Gasteiger partial charge on any atom is -0.354 e. The van der Waals surface area contributed by atoms with E-state index in [4.69, 9.17) is 9.97 Å². The fourth-order valence-electron chi connectivity index (χ4n) is 4.61. The van der Waals surface area contributed by atoms with Gasteiger partial charge >= 0.3 is 0 Å². The fourth-order valence-corrected chi connectivity index (χ4v) is 5.87. The molecule has 0 aromatic carbocycles. The lowest BCUT2D eigenvalue weighted by Crippen LogP contribution is -2.32. The first kappa shape index (κ1) is 18.6. The molecule has 0 unspecified atom stereocenters. The minimum absolute atomic E-state index is 0.767. The van der Waals surface area contributed by atoms with Crippen LogP contribution in [0.25, 0.3) is 21.6 Å². The van der Waals surface area contributed by atoms with Crippen LogP contribution in [0.3, 0.4) is 0 Å². The van der Waals surface area contributed by atoms with Gasteiger partial charge in [-0.25, -0.2) is 19.9 Å². The second kappa shape index (κ2) is 7.85. The molecule has 31 heavy (non-hydrogen) atoms. The molecule has 0 radical (unpaired) electrons. The van der Waals surface area contributed by atoms with Crippen molar-refractivity contribution in [2.24, 2.45) is 0 Å². The van der Waals surface area contributed by atoms with Crippen molar-refractivity contribution in [3.05, 3.63) is 53.4 Å². The van der Waals surface area contributed by atoms with Crippen molar-refractivity contribution in [2.45, 2.75) is 25.7 Å². The van der Waals surface area contributed by atoms with E-state index in [0.29, 0.717) is 0 Å². The van der Waals surface area contributed by atoms with Crippen LogP contribution in [0.2, 0.25) is 0 Å². The SMILES string of the molecule is c1cnc(N2CCCN(c3nc(-c4cccnc4)nc4sc5c(c34)CCC5)CC2)nc1. The lowest BCUT2D eigenvalue weighted by Gasteiger charge is -2.24. The Morgan fingerprint density at radius 1 is 0.839 bits per heavy atom. The number of hydrogen-bond acceptors (Lipinski definition) is 8. The largest absolute Gasteiger partial charge is 0.354 e. The van der Waals surface area contributed by atoms with Crippen LogP contribution in [0.5, 0.6) is 0 Å². The zero-order chi connectivity index (χ0) is 20.6. The first-order chi connectivity index (χ1) is 15.4. The van der Waals surface area contributed by atoms with Crippen molar-refractivity contribution in [3.63, 3.8) is 0 Å². The molecule has 5 heterocycles. The van der Waals surface area contributed by atoms with Gasteiger partial charge in [-0.3, -0.25) is 4.98 Å². The molecule has 8 heteroatoms. The van der Waals surface area contributed by atoms with Gasteiger partial charge in [0.25, 0.3) is 0 Å². The Hall–Kier alpha value is -3.13. The molecule has 6 rings (SSSR count).